The molecular formula is C20H22F4N6O. The third-order valence-electron chi connectivity index (χ3n) is 5.23. The Morgan fingerprint density at radius 2 is 2.03 bits per heavy atom. The van der Waals surface area contributed by atoms with Crippen LogP contribution in [0.25, 0.3) is 16.8 Å². The first-order chi connectivity index (χ1) is 14.7. The molecule has 1 aromatic carbocycles. The Morgan fingerprint density at radius 3 is 2.74 bits per heavy atom. The Bertz CT molecular complexity index is 1060. The zero-order chi connectivity index (χ0) is 22.2. The largest absolute Gasteiger partial charge is 0.497 e. The van der Waals surface area contributed by atoms with Gasteiger partial charge in [-0.05, 0) is 30.8 Å². The molecule has 1 aliphatic rings. The molecule has 166 valence electrons. The number of benzene rings is 1. The van der Waals surface area contributed by atoms with Crippen molar-refractivity contribution in [2.75, 3.05) is 32.6 Å². The topological polar surface area (TPSA) is 67.6 Å². The number of alkyl halides is 4. The van der Waals surface area contributed by atoms with Crippen LogP contribution >= 0.6 is 0 Å². The lowest BCUT2D eigenvalue weighted by atomic mass is 10.0. The van der Waals surface area contributed by atoms with E-state index in [2.05, 4.69) is 20.5 Å². The number of rotatable bonds is 5. The summed E-state index contributed by atoms with van der Waals surface area (Å²) < 4.78 is 60.2. The highest BCUT2D eigenvalue weighted by Crippen LogP contribution is 2.33. The zero-order valence-electron chi connectivity index (χ0n) is 17.0. The van der Waals surface area contributed by atoms with Gasteiger partial charge in [-0.2, -0.15) is 13.2 Å². The number of hydrogen-bond acceptors (Lipinski definition) is 6. The molecule has 3 heterocycles. The van der Waals surface area contributed by atoms with Gasteiger partial charge in [-0.25, -0.2) is 9.37 Å². The van der Waals surface area contributed by atoms with Gasteiger partial charge < -0.3 is 15.0 Å². The van der Waals surface area contributed by atoms with Crippen molar-refractivity contribution in [3.8, 4) is 17.0 Å². The first-order valence-corrected chi connectivity index (χ1v) is 9.75. The third-order valence-corrected chi connectivity index (χ3v) is 5.23. The van der Waals surface area contributed by atoms with E-state index in [-0.39, 0.29) is 17.3 Å². The van der Waals surface area contributed by atoms with Crippen molar-refractivity contribution in [1.29, 1.82) is 0 Å². The third kappa shape index (κ3) is 4.71. The molecule has 2 atom stereocenters. The maximum absolute atomic E-state index is 13.9. The van der Waals surface area contributed by atoms with Gasteiger partial charge in [0, 0.05) is 31.1 Å². The van der Waals surface area contributed by atoms with E-state index >= 15 is 0 Å². The molecule has 0 spiro atoms. The van der Waals surface area contributed by atoms with Gasteiger partial charge in [0.05, 0.1) is 25.2 Å². The molecule has 0 aliphatic carbocycles. The summed E-state index contributed by atoms with van der Waals surface area (Å²) in [6.45, 7) is 1.01. The van der Waals surface area contributed by atoms with Crippen LogP contribution in [0.5, 0.6) is 5.75 Å². The van der Waals surface area contributed by atoms with E-state index in [0.29, 0.717) is 42.3 Å². The van der Waals surface area contributed by atoms with E-state index in [9.17, 15) is 17.6 Å². The number of piperidine rings is 1. The molecule has 0 saturated carbocycles. The first kappa shape index (κ1) is 21.3. The molecule has 7 nitrogen and oxygen atoms in total. The van der Waals surface area contributed by atoms with Crippen LogP contribution in [0.2, 0.25) is 0 Å². The summed E-state index contributed by atoms with van der Waals surface area (Å²) >= 11 is 0. The summed E-state index contributed by atoms with van der Waals surface area (Å²) in [6.07, 6.45) is -3.13. The highest BCUT2D eigenvalue weighted by atomic mass is 19.4. The zero-order valence-corrected chi connectivity index (χ0v) is 17.0. The van der Waals surface area contributed by atoms with Crippen LogP contribution in [0.4, 0.5) is 23.5 Å². The molecule has 1 N–H and O–H groups in total. The normalized spacial score (nSPS) is 20.2. The number of aromatic nitrogens is 4. The second kappa shape index (κ2) is 8.29. The molecule has 0 amide bonds. The predicted molar refractivity (Wildman–Crippen MR) is 107 cm³/mol. The van der Waals surface area contributed by atoms with E-state index in [0.717, 1.165) is 0 Å². The van der Waals surface area contributed by atoms with Gasteiger partial charge in [0.15, 0.2) is 0 Å². The van der Waals surface area contributed by atoms with Crippen LogP contribution < -0.4 is 10.1 Å². The van der Waals surface area contributed by atoms with Gasteiger partial charge >= 0.3 is 6.18 Å². The Balaban J connectivity index is 1.72. The number of hydrogen-bond donors (Lipinski definition) is 1. The number of fused-ring (bicyclic) bond motifs is 1. The van der Waals surface area contributed by atoms with Gasteiger partial charge in [0.1, 0.15) is 23.9 Å². The minimum absolute atomic E-state index is 0.0270. The van der Waals surface area contributed by atoms with Crippen LogP contribution in [-0.4, -0.2) is 70.1 Å². The first-order valence-electron chi connectivity index (χ1n) is 9.75. The second-order valence-electron chi connectivity index (χ2n) is 7.73. The molecule has 4 rings (SSSR count). The van der Waals surface area contributed by atoms with Crippen molar-refractivity contribution in [1.82, 2.24) is 24.5 Å². The number of ether oxygens (including phenoxy) is 1. The van der Waals surface area contributed by atoms with Crippen molar-refractivity contribution in [2.24, 2.45) is 0 Å². The Morgan fingerprint density at radius 1 is 1.23 bits per heavy atom. The standard InChI is InChI=1S/C20H22F4N6O/c1-29-9-13(21)6-14(10-29)26-19-28-27-18(17-8-25-11-30(17)19)16-4-3-15(31-2)5-12(16)7-20(22,23)24/h3-5,8,11,13-14H,6-7,9-10H2,1-2H3,(H,26,28)/t13-,14-/m1/s1. The quantitative estimate of drug-likeness (QED) is 0.617. The predicted octanol–water partition coefficient (Wildman–Crippen LogP) is 3.36. The highest BCUT2D eigenvalue weighted by Gasteiger charge is 2.30. The Labute approximate surface area is 176 Å². The summed E-state index contributed by atoms with van der Waals surface area (Å²) in [6, 6.07) is 4.28. The molecule has 1 saturated heterocycles. The molecule has 0 unspecified atom stereocenters. The van der Waals surface area contributed by atoms with Crippen LogP contribution in [-0.2, 0) is 6.42 Å². The van der Waals surface area contributed by atoms with Crippen LogP contribution in [0.1, 0.15) is 12.0 Å². The maximum atomic E-state index is 13.9. The molecule has 31 heavy (non-hydrogen) atoms. The number of likely N-dealkylation sites (tertiary alicyclic amines) is 1. The van der Waals surface area contributed by atoms with E-state index in [1.165, 1.54) is 31.8 Å². The van der Waals surface area contributed by atoms with Crippen LogP contribution in [0.15, 0.2) is 30.7 Å². The summed E-state index contributed by atoms with van der Waals surface area (Å²) in [5, 5.41) is 11.6. The number of methoxy groups -OCH3 is 1. The molecule has 1 aliphatic heterocycles. The van der Waals surface area contributed by atoms with Gasteiger partial charge in [0.2, 0.25) is 5.95 Å². The monoisotopic (exact) mass is 438 g/mol. The number of nitrogens with zero attached hydrogens (tertiary/aromatic N) is 5. The molecule has 11 heteroatoms. The maximum Gasteiger partial charge on any atom is 0.393 e. The lowest BCUT2D eigenvalue weighted by Crippen LogP contribution is -2.45. The number of nitrogens with one attached hydrogen (secondary N) is 1. The van der Waals surface area contributed by atoms with Crippen molar-refractivity contribution in [2.45, 2.75) is 31.2 Å². The molecule has 1 fully saturated rings. The van der Waals surface area contributed by atoms with Gasteiger partial charge in [-0.1, -0.05) is 0 Å². The summed E-state index contributed by atoms with van der Waals surface area (Å²) in [5.41, 5.74) is 1.09. The lowest BCUT2D eigenvalue weighted by molar-refractivity contribution is -0.127. The van der Waals surface area contributed by atoms with E-state index in [1.54, 1.807) is 10.5 Å². The average molecular weight is 438 g/mol. The molecule has 0 bridgehead atoms. The van der Waals surface area contributed by atoms with Crippen molar-refractivity contribution in [3.63, 3.8) is 0 Å². The van der Waals surface area contributed by atoms with Gasteiger partial charge in [-0.15, -0.1) is 10.2 Å². The highest BCUT2D eigenvalue weighted by molar-refractivity contribution is 5.79. The average Bonchev–Trinajstić information content (AvgIpc) is 3.17. The Hall–Kier alpha value is -2.95. The summed E-state index contributed by atoms with van der Waals surface area (Å²) in [7, 11) is 3.24. The smallest absolute Gasteiger partial charge is 0.393 e. The molecule has 0 radical (unpaired) electrons. The van der Waals surface area contributed by atoms with E-state index < -0.39 is 18.8 Å². The summed E-state index contributed by atoms with van der Waals surface area (Å²) in [4.78, 5) is 6.01. The van der Waals surface area contributed by atoms with Crippen molar-refractivity contribution >= 4 is 11.5 Å². The van der Waals surface area contributed by atoms with E-state index in [4.69, 9.17) is 4.74 Å². The number of anilines is 1. The minimum Gasteiger partial charge on any atom is -0.497 e. The number of imidazole rings is 1. The molecule has 2 aromatic heterocycles. The van der Waals surface area contributed by atoms with Crippen LogP contribution in [0.3, 0.4) is 0 Å². The lowest BCUT2D eigenvalue weighted by Gasteiger charge is -2.32. The SMILES string of the molecule is COc1ccc(-c2nnc(N[C@@H]3C[C@@H](F)CN(C)C3)n3cncc23)c(CC(F)(F)F)c1. The van der Waals surface area contributed by atoms with Crippen molar-refractivity contribution in [3.05, 3.63) is 36.3 Å². The minimum atomic E-state index is -4.40. The second-order valence-corrected chi connectivity index (χ2v) is 7.73. The fraction of sp³-hybridized carbons (Fsp3) is 0.450. The van der Waals surface area contributed by atoms with Crippen LogP contribution in [0, 0.1) is 0 Å². The van der Waals surface area contributed by atoms with E-state index in [1.807, 2.05) is 11.9 Å². The molecule has 3 aromatic rings. The van der Waals surface area contributed by atoms with Gasteiger partial charge in [-0.3, -0.25) is 4.40 Å². The number of halogens is 4. The van der Waals surface area contributed by atoms with Gasteiger partial charge in [0.25, 0.3) is 0 Å². The molecular weight excluding hydrogens is 416 g/mol. The Kier molecular flexibility index (Phi) is 5.69. The van der Waals surface area contributed by atoms with Crippen molar-refractivity contribution < 1.29 is 22.3 Å². The fourth-order valence-electron chi connectivity index (χ4n) is 3.95. The number of likely N-dealkylation sites (N-methyl/N-ethyl adjacent to an activating group) is 1. The fourth-order valence-corrected chi connectivity index (χ4v) is 3.95. The summed E-state index contributed by atoms with van der Waals surface area (Å²) in [5.74, 6) is 0.676.